The lowest BCUT2D eigenvalue weighted by molar-refractivity contribution is 0.416. The molecule has 20 heavy (non-hydrogen) atoms. The number of nitrogens with zero attached hydrogens (tertiary/aromatic N) is 1. The molecule has 0 aliphatic carbocycles. The first-order valence-corrected chi connectivity index (χ1v) is 7.18. The van der Waals surface area contributed by atoms with Gasteiger partial charge in [0.25, 0.3) is 0 Å². The molecule has 102 valence electrons. The van der Waals surface area contributed by atoms with Crippen LogP contribution in [0, 0.1) is 0 Å². The Morgan fingerprint density at radius 3 is 2.80 bits per heavy atom. The van der Waals surface area contributed by atoms with Crippen molar-refractivity contribution in [1.82, 2.24) is 10.2 Å². The molecule has 3 N–H and O–H groups in total. The molecule has 0 atom stereocenters. The van der Waals surface area contributed by atoms with Crippen molar-refractivity contribution < 1.29 is 4.74 Å². The molecular weight excluding hydrogens is 294 g/mol. The SMILES string of the molecule is COc1ccccc1-c1c(N)n[nH]c1-c1sccc1Cl. The van der Waals surface area contributed by atoms with E-state index in [9.17, 15) is 0 Å². The summed E-state index contributed by atoms with van der Waals surface area (Å²) in [5.41, 5.74) is 8.53. The van der Waals surface area contributed by atoms with Crippen LogP contribution in [0.4, 0.5) is 5.82 Å². The Morgan fingerprint density at radius 2 is 2.10 bits per heavy atom. The van der Waals surface area contributed by atoms with E-state index in [0.29, 0.717) is 10.8 Å². The molecule has 6 heteroatoms. The van der Waals surface area contributed by atoms with Crippen LogP contribution in [-0.2, 0) is 0 Å². The van der Waals surface area contributed by atoms with Gasteiger partial charge in [-0.25, -0.2) is 0 Å². The summed E-state index contributed by atoms with van der Waals surface area (Å²) in [6, 6.07) is 9.54. The van der Waals surface area contributed by atoms with E-state index < -0.39 is 0 Å². The van der Waals surface area contributed by atoms with Crippen LogP contribution < -0.4 is 10.5 Å². The average Bonchev–Trinajstić information content (AvgIpc) is 3.04. The predicted molar refractivity (Wildman–Crippen MR) is 83.3 cm³/mol. The molecule has 3 aromatic rings. The molecule has 3 rings (SSSR count). The molecule has 0 bridgehead atoms. The van der Waals surface area contributed by atoms with E-state index in [1.807, 2.05) is 35.7 Å². The lowest BCUT2D eigenvalue weighted by Crippen LogP contribution is -1.92. The molecule has 0 amide bonds. The lowest BCUT2D eigenvalue weighted by atomic mass is 10.0. The molecular formula is C14H12ClN3OS. The fraction of sp³-hybridized carbons (Fsp3) is 0.0714. The third kappa shape index (κ3) is 2.05. The molecule has 0 saturated heterocycles. The van der Waals surface area contributed by atoms with Gasteiger partial charge < -0.3 is 10.5 Å². The van der Waals surface area contributed by atoms with Crippen molar-refractivity contribution in [2.45, 2.75) is 0 Å². The van der Waals surface area contributed by atoms with E-state index in [0.717, 1.165) is 27.4 Å². The predicted octanol–water partition coefficient (Wildman–Crippen LogP) is 4.05. The monoisotopic (exact) mass is 305 g/mol. The number of halogens is 1. The van der Waals surface area contributed by atoms with E-state index in [4.69, 9.17) is 22.1 Å². The van der Waals surface area contributed by atoms with Crippen LogP contribution in [0.5, 0.6) is 5.75 Å². The smallest absolute Gasteiger partial charge is 0.153 e. The van der Waals surface area contributed by atoms with E-state index in [-0.39, 0.29) is 0 Å². The Balaban J connectivity index is 2.25. The van der Waals surface area contributed by atoms with Gasteiger partial charge in [-0.05, 0) is 17.5 Å². The molecule has 0 fully saturated rings. The zero-order valence-electron chi connectivity index (χ0n) is 10.7. The zero-order valence-corrected chi connectivity index (χ0v) is 12.3. The summed E-state index contributed by atoms with van der Waals surface area (Å²) < 4.78 is 5.40. The number of benzene rings is 1. The zero-order chi connectivity index (χ0) is 14.1. The van der Waals surface area contributed by atoms with Gasteiger partial charge in [-0.15, -0.1) is 11.3 Å². The van der Waals surface area contributed by atoms with Crippen LogP contribution in [0.1, 0.15) is 0 Å². The molecule has 4 nitrogen and oxygen atoms in total. The van der Waals surface area contributed by atoms with Gasteiger partial charge in [0.2, 0.25) is 0 Å². The van der Waals surface area contributed by atoms with Crippen LogP contribution in [0.25, 0.3) is 21.7 Å². The number of methoxy groups -OCH3 is 1. The summed E-state index contributed by atoms with van der Waals surface area (Å²) >= 11 is 7.75. The number of thiophene rings is 1. The fourth-order valence-electron chi connectivity index (χ4n) is 2.12. The Kier molecular flexibility index (Phi) is 3.38. The summed E-state index contributed by atoms with van der Waals surface area (Å²) in [7, 11) is 1.63. The molecule has 0 radical (unpaired) electrons. The number of aromatic nitrogens is 2. The lowest BCUT2D eigenvalue weighted by Gasteiger charge is -2.09. The number of nitrogen functional groups attached to an aromatic ring is 1. The van der Waals surface area contributed by atoms with Crippen molar-refractivity contribution in [2.24, 2.45) is 0 Å². The number of H-pyrrole nitrogens is 1. The number of hydrogen-bond donors (Lipinski definition) is 2. The van der Waals surface area contributed by atoms with E-state index >= 15 is 0 Å². The van der Waals surface area contributed by atoms with Crippen molar-refractivity contribution in [1.29, 1.82) is 0 Å². The Morgan fingerprint density at radius 1 is 1.30 bits per heavy atom. The van der Waals surface area contributed by atoms with Gasteiger partial charge in [-0.3, -0.25) is 5.10 Å². The van der Waals surface area contributed by atoms with Gasteiger partial charge in [-0.2, -0.15) is 5.10 Å². The summed E-state index contributed by atoms with van der Waals surface area (Å²) in [6.07, 6.45) is 0. The third-order valence-electron chi connectivity index (χ3n) is 3.01. The van der Waals surface area contributed by atoms with Gasteiger partial charge in [0.1, 0.15) is 5.75 Å². The minimum absolute atomic E-state index is 0.425. The molecule has 1 aromatic carbocycles. The van der Waals surface area contributed by atoms with Crippen molar-refractivity contribution in [3.8, 4) is 27.4 Å². The van der Waals surface area contributed by atoms with E-state index in [2.05, 4.69) is 10.2 Å². The van der Waals surface area contributed by atoms with Gasteiger partial charge in [0.05, 0.1) is 28.3 Å². The van der Waals surface area contributed by atoms with E-state index in [1.54, 1.807) is 7.11 Å². The molecule has 0 spiro atoms. The minimum atomic E-state index is 0.425. The number of para-hydroxylation sites is 1. The third-order valence-corrected chi connectivity index (χ3v) is 4.37. The molecule has 0 saturated carbocycles. The normalized spacial score (nSPS) is 10.7. The summed E-state index contributed by atoms with van der Waals surface area (Å²) in [5.74, 6) is 1.17. The summed E-state index contributed by atoms with van der Waals surface area (Å²) in [4.78, 5) is 0.914. The summed E-state index contributed by atoms with van der Waals surface area (Å²) in [5, 5.41) is 9.68. The van der Waals surface area contributed by atoms with Crippen molar-refractivity contribution in [3.05, 3.63) is 40.7 Å². The highest BCUT2D eigenvalue weighted by Crippen LogP contribution is 2.43. The highest BCUT2D eigenvalue weighted by Gasteiger charge is 2.20. The number of nitrogens with one attached hydrogen (secondary N) is 1. The van der Waals surface area contributed by atoms with Crippen LogP contribution >= 0.6 is 22.9 Å². The maximum absolute atomic E-state index is 6.21. The summed E-state index contributed by atoms with van der Waals surface area (Å²) in [6.45, 7) is 0. The van der Waals surface area contributed by atoms with Crippen LogP contribution in [0.15, 0.2) is 35.7 Å². The van der Waals surface area contributed by atoms with Gasteiger partial charge in [0.15, 0.2) is 5.82 Å². The minimum Gasteiger partial charge on any atom is -0.496 e. The number of hydrogen-bond acceptors (Lipinski definition) is 4. The maximum Gasteiger partial charge on any atom is 0.153 e. The molecule has 0 unspecified atom stereocenters. The molecule has 2 heterocycles. The quantitative estimate of drug-likeness (QED) is 0.767. The Bertz CT molecular complexity index is 750. The van der Waals surface area contributed by atoms with Crippen molar-refractivity contribution >= 4 is 28.8 Å². The first-order chi connectivity index (χ1) is 9.72. The number of nitrogens with two attached hydrogens (primary N) is 1. The second-order valence-electron chi connectivity index (χ2n) is 4.16. The maximum atomic E-state index is 6.21. The van der Waals surface area contributed by atoms with E-state index in [1.165, 1.54) is 11.3 Å². The van der Waals surface area contributed by atoms with Crippen LogP contribution in [0.2, 0.25) is 5.02 Å². The largest absolute Gasteiger partial charge is 0.496 e. The van der Waals surface area contributed by atoms with Gasteiger partial charge in [0, 0.05) is 5.56 Å². The second kappa shape index (κ2) is 5.19. The van der Waals surface area contributed by atoms with Crippen LogP contribution in [-0.4, -0.2) is 17.3 Å². The highest BCUT2D eigenvalue weighted by molar-refractivity contribution is 7.14. The first kappa shape index (κ1) is 13.0. The highest BCUT2D eigenvalue weighted by atomic mass is 35.5. The number of ether oxygens (including phenoxy) is 1. The van der Waals surface area contributed by atoms with Crippen molar-refractivity contribution in [2.75, 3.05) is 12.8 Å². The number of aromatic amines is 1. The Hall–Kier alpha value is -1.98. The Labute approximate surface area is 125 Å². The fourth-order valence-corrected chi connectivity index (χ4v) is 3.27. The average molecular weight is 306 g/mol. The first-order valence-electron chi connectivity index (χ1n) is 5.93. The number of anilines is 1. The topological polar surface area (TPSA) is 63.9 Å². The van der Waals surface area contributed by atoms with Crippen molar-refractivity contribution in [3.63, 3.8) is 0 Å². The standard InChI is InChI=1S/C14H12ClN3OS/c1-19-10-5-3-2-4-8(10)11-12(17-18-14(11)16)13-9(15)6-7-20-13/h2-7H,1H3,(H3,16,17,18). The van der Waals surface area contributed by atoms with Gasteiger partial charge >= 0.3 is 0 Å². The number of rotatable bonds is 3. The van der Waals surface area contributed by atoms with Gasteiger partial charge in [-0.1, -0.05) is 29.8 Å². The van der Waals surface area contributed by atoms with Crippen LogP contribution in [0.3, 0.4) is 0 Å². The molecule has 0 aliphatic heterocycles. The molecule has 2 aromatic heterocycles. The second-order valence-corrected chi connectivity index (χ2v) is 5.48. The molecule has 0 aliphatic rings.